The molecular weight excluding hydrogens is 480 g/mol. The number of likely N-dealkylation sites (N-methyl/N-ethyl adjacent to an activating group) is 1. The molecule has 0 saturated heterocycles. The molecule has 214 valence electrons. The summed E-state index contributed by atoms with van der Waals surface area (Å²) >= 11 is 0. The highest BCUT2D eigenvalue weighted by Gasteiger charge is 1.99. The van der Waals surface area contributed by atoms with E-state index in [2.05, 4.69) is 10.6 Å². The van der Waals surface area contributed by atoms with Crippen LogP contribution in [0.3, 0.4) is 0 Å². The summed E-state index contributed by atoms with van der Waals surface area (Å²) in [5.41, 5.74) is 0. The quantitative estimate of drug-likeness (QED) is 0.0817. The van der Waals surface area contributed by atoms with Crippen LogP contribution in [-0.2, 0) is 52.2 Å². The fraction of sp³-hybridized carbons (Fsp3) is 0.913. The fourth-order valence-corrected chi connectivity index (χ4v) is 2.30. The van der Waals surface area contributed by atoms with Crippen LogP contribution in [0, 0.1) is 0 Å². The molecule has 0 bridgehead atoms. The second-order valence-electron chi connectivity index (χ2n) is 7.03. The SMILES string of the molecule is CNCCOCCOCCOCCOCCOCCOCCOCCOCCOCC(=O)NCC=O. The Balaban J connectivity index is 3.05. The molecule has 0 atom stereocenters. The first kappa shape index (κ1) is 34.7. The molecule has 0 aliphatic rings. The fourth-order valence-electron chi connectivity index (χ4n) is 2.30. The van der Waals surface area contributed by atoms with Crippen LogP contribution in [0.25, 0.3) is 0 Å². The van der Waals surface area contributed by atoms with E-state index in [1.165, 1.54) is 0 Å². The van der Waals surface area contributed by atoms with Gasteiger partial charge in [0.25, 0.3) is 0 Å². The molecule has 1 amide bonds. The molecular formula is C23H46N2O11. The van der Waals surface area contributed by atoms with E-state index in [-0.39, 0.29) is 19.1 Å². The van der Waals surface area contributed by atoms with Crippen molar-refractivity contribution in [2.75, 3.05) is 139 Å². The van der Waals surface area contributed by atoms with Crippen molar-refractivity contribution in [3.05, 3.63) is 0 Å². The Hall–Kier alpha value is -1.26. The van der Waals surface area contributed by atoms with E-state index in [1.807, 2.05) is 7.05 Å². The van der Waals surface area contributed by atoms with Gasteiger partial charge in [0.15, 0.2) is 0 Å². The summed E-state index contributed by atoms with van der Waals surface area (Å²) in [6, 6.07) is 0. The summed E-state index contributed by atoms with van der Waals surface area (Å²) in [7, 11) is 1.89. The summed E-state index contributed by atoms with van der Waals surface area (Å²) in [5, 5.41) is 5.38. The monoisotopic (exact) mass is 526 g/mol. The molecule has 0 radical (unpaired) electrons. The molecule has 0 heterocycles. The molecule has 0 aromatic rings. The number of carbonyl (C=O) groups is 2. The highest BCUT2D eigenvalue weighted by molar-refractivity contribution is 5.79. The lowest BCUT2D eigenvalue weighted by Crippen LogP contribution is -2.29. The number of amides is 1. The number of rotatable bonds is 31. The van der Waals surface area contributed by atoms with Gasteiger partial charge in [0.05, 0.1) is 119 Å². The van der Waals surface area contributed by atoms with E-state index in [1.54, 1.807) is 0 Å². The summed E-state index contributed by atoms with van der Waals surface area (Å²) in [5.74, 6) is -0.332. The van der Waals surface area contributed by atoms with Crippen molar-refractivity contribution >= 4 is 12.2 Å². The van der Waals surface area contributed by atoms with Crippen molar-refractivity contribution in [1.29, 1.82) is 0 Å². The topological polar surface area (TPSA) is 141 Å². The van der Waals surface area contributed by atoms with Crippen LogP contribution in [-0.4, -0.2) is 151 Å². The number of carbonyl (C=O) groups excluding carboxylic acids is 2. The van der Waals surface area contributed by atoms with Gasteiger partial charge in [0.1, 0.15) is 12.9 Å². The van der Waals surface area contributed by atoms with Gasteiger partial charge in [-0.25, -0.2) is 0 Å². The van der Waals surface area contributed by atoms with Gasteiger partial charge in [-0.2, -0.15) is 0 Å². The van der Waals surface area contributed by atoms with Gasteiger partial charge < -0.3 is 58.1 Å². The van der Waals surface area contributed by atoms with Gasteiger partial charge in [0.2, 0.25) is 5.91 Å². The normalized spacial score (nSPS) is 11.1. The Morgan fingerprint density at radius 1 is 0.528 bits per heavy atom. The molecule has 0 unspecified atom stereocenters. The van der Waals surface area contributed by atoms with Crippen LogP contribution < -0.4 is 10.6 Å². The van der Waals surface area contributed by atoms with E-state index >= 15 is 0 Å². The zero-order valence-corrected chi connectivity index (χ0v) is 21.7. The Bertz CT molecular complexity index is 462. The van der Waals surface area contributed by atoms with Crippen LogP contribution in [0.15, 0.2) is 0 Å². The summed E-state index contributed by atoms with van der Waals surface area (Å²) < 4.78 is 48.2. The van der Waals surface area contributed by atoms with Crippen molar-refractivity contribution in [2.24, 2.45) is 0 Å². The predicted octanol–water partition coefficient (Wildman–Crippen LogP) is -1.33. The van der Waals surface area contributed by atoms with E-state index in [9.17, 15) is 9.59 Å². The van der Waals surface area contributed by atoms with Crippen molar-refractivity contribution in [3.63, 3.8) is 0 Å². The number of ether oxygens (including phenoxy) is 9. The predicted molar refractivity (Wildman–Crippen MR) is 130 cm³/mol. The molecule has 0 spiro atoms. The minimum atomic E-state index is -0.332. The van der Waals surface area contributed by atoms with Gasteiger partial charge >= 0.3 is 0 Å². The number of nitrogens with one attached hydrogen (secondary N) is 2. The Morgan fingerprint density at radius 2 is 0.833 bits per heavy atom. The Labute approximate surface area is 214 Å². The first-order valence-electron chi connectivity index (χ1n) is 12.4. The maximum atomic E-state index is 11.2. The zero-order chi connectivity index (χ0) is 26.2. The molecule has 0 fully saturated rings. The largest absolute Gasteiger partial charge is 0.378 e. The standard InChI is InChI=1S/C23H46N2O11/c1-24-3-5-28-6-7-29-8-9-30-10-11-31-12-13-32-14-15-33-16-17-34-18-19-35-20-21-36-22-23(27)25-2-4-26/h4,24H,2-3,5-22H2,1H3,(H,25,27). The van der Waals surface area contributed by atoms with Gasteiger partial charge in [0, 0.05) is 6.54 Å². The minimum Gasteiger partial charge on any atom is -0.378 e. The molecule has 0 saturated carbocycles. The molecule has 0 aliphatic heterocycles. The number of hydrogen-bond acceptors (Lipinski definition) is 12. The van der Waals surface area contributed by atoms with Crippen LogP contribution in [0.4, 0.5) is 0 Å². The van der Waals surface area contributed by atoms with E-state index in [4.69, 9.17) is 42.6 Å². The van der Waals surface area contributed by atoms with Crippen LogP contribution >= 0.6 is 0 Å². The summed E-state index contributed by atoms with van der Waals surface area (Å²) in [4.78, 5) is 21.3. The van der Waals surface area contributed by atoms with E-state index < -0.39 is 0 Å². The van der Waals surface area contributed by atoms with Crippen LogP contribution in [0.5, 0.6) is 0 Å². The molecule has 2 N–H and O–H groups in total. The molecule has 0 aromatic heterocycles. The maximum Gasteiger partial charge on any atom is 0.246 e. The van der Waals surface area contributed by atoms with Crippen molar-refractivity contribution in [1.82, 2.24) is 10.6 Å². The van der Waals surface area contributed by atoms with E-state index in [0.29, 0.717) is 119 Å². The summed E-state index contributed by atoms with van der Waals surface area (Å²) in [6.07, 6.45) is 0.613. The van der Waals surface area contributed by atoms with Crippen LogP contribution in [0.2, 0.25) is 0 Å². The van der Waals surface area contributed by atoms with Crippen molar-refractivity contribution in [3.8, 4) is 0 Å². The average molecular weight is 527 g/mol. The average Bonchev–Trinajstić information content (AvgIpc) is 2.89. The van der Waals surface area contributed by atoms with E-state index in [0.717, 1.165) is 6.54 Å². The number of hydrogen-bond donors (Lipinski definition) is 2. The minimum absolute atomic E-state index is 0.00884. The van der Waals surface area contributed by atoms with Crippen molar-refractivity contribution < 1.29 is 52.2 Å². The highest BCUT2D eigenvalue weighted by atomic mass is 16.6. The molecule has 13 nitrogen and oxygen atoms in total. The van der Waals surface area contributed by atoms with Gasteiger partial charge in [-0.15, -0.1) is 0 Å². The van der Waals surface area contributed by atoms with Gasteiger partial charge in [-0.3, -0.25) is 4.79 Å². The summed E-state index contributed by atoms with van der Waals surface area (Å²) in [6.45, 7) is 9.14. The third-order valence-corrected chi connectivity index (χ3v) is 4.09. The highest BCUT2D eigenvalue weighted by Crippen LogP contribution is 1.86. The Morgan fingerprint density at radius 3 is 1.14 bits per heavy atom. The van der Waals surface area contributed by atoms with Crippen molar-refractivity contribution in [2.45, 2.75) is 0 Å². The first-order chi connectivity index (χ1) is 17.8. The lowest BCUT2D eigenvalue weighted by Gasteiger charge is -2.09. The maximum absolute atomic E-state index is 11.2. The smallest absolute Gasteiger partial charge is 0.246 e. The second-order valence-corrected chi connectivity index (χ2v) is 7.03. The third kappa shape index (κ3) is 30.8. The van der Waals surface area contributed by atoms with Gasteiger partial charge in [-0.05, 0) is 7.05 Å². The molecule has 0 aromatic carbocycles. The zero-order valence-electron chi connectivity index (χ0n) is 21.7. The van der Waals surface area contributed by atoms with Gasteiger partial charge in [-0.1, -0.05) is 0 Å². The first-order valence-corrected chi connectivity index (χ1v) is 12.4. The molecule has 13 heteroatoms. The molecule has 36 heavy (non-hydrogen) atoms. The Kier molecular flexibility index (Phi) is 30.7. The van der Waals surface area contributed by atoms with Crippen LogP contribution in [0.1, 0.15) is 0 Å². The second kappa shape index (κ2) is 31.8. The lowest BCUT2D eigenvalue weighted by atomic mass is 10.6. The molecule has 0 rings (SSSR count). The number of aldehydes is 1. The lowest BCUT2D eigenvalue weighted by molar-refractivity contribution is -0.127. The molecule has 0 aliphatic carbocycles. The third-order valence-electron chi connectivity index (χ3n) is 4.09.